The van der Waals surface area contributed by atoms with E-state index < -0.39 is 0 Å². The lowest BCUT2D eigenvalue weighted by Gasteiger charge is -2.08. The first-order valence-corrected chi connectivity index (χ1v) is 5.62. The molecule has 0 aliphatic rings. The fourth-order valence-corrected chi connectivity index (χ4v) is 2.00. The minimum atomic E-state index is 0.217. The van der Waals surface area contributed by atoms with Crippen LogP contribution in [0.4, 0.5) is 0 Å². The van der Waals surface area contributed by atoms with E-state index in [2.05, 4.69) is 0 Å². The topological polar surface area (TPSA) is 20.2 Å². The van der Waals surface area contributed by atoms with Crippen LogP contribution in [-0.2, 0) is 5.75 Å². The van der Waals surface area contributed by atoms with Crippen molar-refractivity contribution in [3.8, 4) is 0 Å². The Labute approximate surface area is 88.1 Å². The van der Waals surface area contributed by atoms with Crippen molar-refractivity contribution in [3.05, 3.63) is 34.9 Å². The van der Waals surface area contributed by atoms with Crippen LogP contribution in [0.1, 0.15) is 12.5 Å². The molecule has 72 valence electrons. The maximum absolute atomic E-state index is 8.83. The molecule has 0 heterocycles. The third-order valence-corrected chi connectivity index (χ3v) is 3.30. The molecular formula is C10H13ClOS. The first-order chi connectivity index (χ1) is 6.24. The van der Waals surface area contributed by atoms with Gasteiger partial charge in [0.25, 0.3) is 0 Å². The van der Waals surface area contributed by atoms with Gasteiger partial charge in [-0.05, 0) is 11.6 Å². The first-order valence-electron chi connectivity index (χ1n) is 4.20. The standard InChI is InChI=1S/C10H13ClOS/c1-8(6-12)13-7-9-4-2-3-5-10(9)11/h2-5,8,12H,6-7H2,1H3. The zero-order chi connectivity index (χ0) is 9.68. The molecule has 0 spiro atoms. The first kappa shape index (κ1) is 10.9. The summed E-state index contributed by atoms with van der Waals surface area (Å²) in [6.45, 7) is 2.22. The van der Waals surface area contributed by atoms with Gasteiger partial charge in [-0.1, -0.05) is 36.7 Å². The highest BCUT2D eigenvalue weighted by Crippen LogP contribution is 2.22. The number of hydrogen-bond acceptors (Lipinski definition) is 2. The van der Waals surface area contributed by atoms with Gasteiger partial charge in [-0.2, -0.15) is 11.8 Å². The number of thioether (sulfide) groups is 1. The van der Waals surface area contributed by atoms with Gasteiger partial charge in [0.05, 0.1) is 6.61 Å². The summed E-state index contributed by atoms with van der Waals surface area (Å²) in [6, 6.07) is 7.80. The second-order valence-electron chi connectivity index (χ2n) is 2.90. The molecule has 0 aliphatic heterocycles. The van der Waals surface area contributed by atoms with Gasteiger partial charge in [0.1, 0.15) is 0 Å². The van der Waals surface area contributed by atoms with Gasteiger partial charge in [-0.3, -0.25) is 0 Å². The summed E-state index contributed by atoms with van der Waals surface area (Å²) >= 11 is 7.68. The van der Waals surface area contributed by atoms with Crippen molar-refractivity contribution in [2.24, 2.45) is 0 Å². The Bertz CT molecular complexity index is 265. The average Bonchev–Trinajstić information content (AvgIpc) is 2.16. The van der Waals surface area contributed by atoms with Crippen LogP contribution in [0.15, 0.2) is 24.3 Å². The van der Waals surface area contributed by atoms with Gasteiger partial charge in [-0.15, -0.1) is 0 Å². The van der Waals surface area contributed by atoms with Crippen LogP contribution in [-0.4, -0.2) is 17.0 Å². The van der Waals surface area contributed by atoms with E-state index in [0.717, 1.165) is 16.3 Å². The van der Waals surface area contributed by atoms with Gasteiger partial charge in [0.15, 0.2) is 0 Å². The Hall–Kier alpha value is -0.180. The molecule has 1 aromatic carbocycles. The molecule has 1 atom stereocenters. The van der Waals surface area contributed by atoms with Gasteiger partial charge < -0.3 is 5.11 Å². The Balaban J connectivity index is 2.50. The van der Waals surface area contributed by atoms with Gasteiger partial charge in [0.2, 0.25) is 0 Å². The molecule has 0 amide bonds. The quantitative estimate of drug-likeness (QED) is 0.835. The molecule has 0 fully saturated rings. The summed E-state index contributed by atoms with van der Waals surface area (Å²) in [7, 11) is 0. The van der Waals surface area contributed by atoms with E-state index in [1.165, 1.54) is 0 Å². The van der Waals surface area contributed by atoms with Crippen molar-refractivity contribution in [2.75, 3.05) is 6.61 Å². The second-order valence-corrected chi connectivity index (χ2v) is 4.73. The third-order valence-electron chi connectivity index (χ3n) is 1.74. The monoisotopic (exact) mass is 216 g/mol. The number of aliphatic hydroxyl groups is 1. The highest BCUT2D eigenvalue weighted by molar-refractivity contribution is 7.99. The molecule has 1 nitrogen and oxygen atoms in total. The van der Waals surface area contributed by atoms with Crippen molar-refractivity contribution < 1.29 is 5.11 Å². The molecule has 1 unspecified atom stereocenters. The van der Waals surface area contributed by atoms with Gasteiger partial charge in [0, 0.05) is 16.0 Å². The molecule has 0 aliphatic carbocycles. The highest BCUT2D eigenvalue weighted by Gasteiger charge is 2.03. The molecule has 0 saturated carbocycles. The van der Waals surface area contributed by atoms with E-state index in [4.69, 9.17) is 16.7 Å². The maximum Gasteiger partial charge on any atom is 0.0547 e. The third kappa shape index (κ3) is 3.59. The van der Waals surface area contributed by atoms with Crippen LogP contribution in [0.2, 0.25) is 5.02 Å². The molecule has 1 N–H and O–H groups in total. The van der Waals surface area contributed by atoms with Crippen molar-refractivity contribution in [2.45, 2.75) is 17.9 Å². The Morgan fingerprint density at radius 2 is 2.15 bits per heavy atom. The molecule has 0 bridgehead atoms. The van der Waals surface area contributed by atoms with Gasteiger partial charge >= 0.3 is 0 Å². The lowest BCUT2D eigenvalue weighted by atomic mass is 10.2. The lowest BCUT2D eigenvalue weighted by molar-refractivity contribution is 0.300. The summed E-state index contributed by atoms with van der Waals surface area (Å²) in [4.78, 5) is 0. The zero-order valence-corrected chi connectivity index (χ0v) is 9.11. The summed E-state index contributed by atoms with van der Waals surface area (Å²) < 4.78 is 0. The zero-order valence-electron chi connectivity index (χ0n) is 7.53. The number of rotatable bonds is 4. The molecule has 1 aromatic rings. The van der Waals surface area contributed by atoms with Gasteiger partial charge in [-0.25, -0.2) is 0 Å². The predicted molar refractivity (Wildman–Crippen MR) is 59.3 cm³/mol. The van der Waals surface area contributed by atoms with E-state index in [0.29, 0.717) is 0 Å². The number of aliphatic hydroxyl groups excluding tert-OH is 1. The predicted octanol–water partition coefficient (Wildman–Crippen LogP) is 2.95. The molecular weight excluding hydrogens is 204 g/mol. The van der Waals surface area contributed by atoms with Crippen LogP contribution in [0.25, 0.3) is 0 Å². The normalized spacial score (nSPS) is 12.8. The fourth-order valence-electron chi connectivity index (χ4n) is 0.900. The molecule has 0 aromatic heterocycles. The number of benzene rings is 1. The fraction of sp³-hybridized carbons (Fsp3) is 0.400. The van der Waals surface area contributed by atoms with Crippen LogP contribution in [0.5, 0.6) is 0 Å². The molecule has 3 heteroatoms. The summed E-state index contributed by atoms with van der Waals surface area (Å²) in [5.74, 6) is 0.862. The smallest absolute Gasteiger partial charge is 0.0547 e. The van der Waals surface area contributed by atoms with E-state index in [-0.39, 0.29) is 11.9 Å². The summed E-state index contributed by atoms with van der Waals surface area (Å²) in [5.41, 5.74) is 1.13. The van der Waals surface area contributed by atoms with Crippen molar-refractivity contribution in [3.63, 3.8) is 0 Å². The minimum absolute atomic E-state index is 0.217. The summed E-state index contributed by atoms with van der Waals surface area (Å²) in [5, 5.41) is 9.91. The van der Waals surface area contributed by atoms with Crippen LogP contribution < -0.4 is 0 Å². The maximum atomic E-state index is 8.83. The summed E-state index contributed by atoms with van der Waals surface area (Å²) in [6.07, 6.45) is 0. The molecule has 1 rings (SSSR count). The molecule has 0 radical (unpaired) electrons. The number of halogens is 1. The second kappa shape index (κ2) is 5.53. The number of hydrogen-bond donors (Lipinski definition) is 1. The van der Waals surface area contributed by atoms with E-state index >= 15 is 0 Å². The lowest BCUT2D eigenvalue weighted by Crippen LogP contribution is -2.02. The highest BCUT2D eigenvalue weighted by atomic mass is 35.5. The van der Waals surface area contributed by atoms with E-state index in [1.54, 1.807) is 11.8 Å². The SMILES string of the molecule is CC(CO)SCc1ccccc1Cl. The van der Waals surface area contributed by atoms with Crippen molar-refractivity contribution in [1.29, 1.82) is 0 Å². The Morgan fingerprint density at radius 1 is 1.46 bits per heavy atom. The van der Waals surface area contributed by atoms with E-state index in [9.17, 15) is 0 Å². The van der Waals surface area contributed by atoms with Crippen LogP contribution >= 0.6 is 23.4 Å². The largest absolute Gasteiger partial charge is 0.395 e. The average molecular weight is 217 g/mol. The Kier molecular flexibility index (Phi) is 4.64. The van der Waals surface area contributed by atoms with Crippen LogP contribution in [0, 0.1) is 0 Å². The minimum Gasteiger partial charge on any atom is -0.395 e. The van der Waals surface area contributed by atoms with Crippen molar-refractivity contribution >= 4 is 23.4 Å². The molecule has 0 saturated heterocycles. The molecule has 13 heavy (non-hydrogen) atoms. The van der Waals surface area contributed by atoms with E-state index in [1.807, 2.05) is 31.2 Å². The van der Waals surface area contributed by atoms with Crippen LogP contribution in [0.3, 0.4) is 0 Å². The van der Waals surface area contributed by atoms with Crippen molar-refractivity contribution in [1.82, 2.24) is 0 Å². The Morgan fingerprint density at radius 3 is 2.77 bits per heavy atom.